The molecule has 0 amide bonds. The van der Waals surface area contributed by atoms with Gasteiger partial charge in [-0.15, -0.1) is 0 Å². The van der Waals surface area contributed by atoms with Crippen molar-refractivity contribution in [3.63, 3.8) is 0 Å². The van der Waals surface area contributed by atoms with Gasteiger partial charge in [-0.3, -0.25) is 0 Å². The summed E-state index contributed by atoms with van der Waals surface area (Å²) in [5.74, 6) is 0.267. The van der Waals surface area contributed by atoms with Gasteiger partial charge in [0.2, 0.25) is 0 Å². The van der Waals surface area contributed by atoms with Crippen LogP contribution in [0.2, 0.25) is 0 Å². The van der Waals surface area contributed by atoms with Gasteiger partial charge in [0.25, 0.3) is 0 Å². The molecule has 0 saturated heterocycles. The maximum Gasteiger partial charge on any atom is 0.308 e. The van der Waals surface area contributed by atoms with E-state index in [4.69, 9.17) is 9.92 Å². The van der Waals surface area contributed by atoms with E-state index in [1.54, 1.807) is 24.3 Å². The maximum absolute atomic E-state index is 11.2. The summed E-state index contributed by atoms with van der Waals surface area (Å²) in [5, 5.41) is 0. The van der Waals surface area contributed by atoms with Gasteiger partial charge in [-0.05, 0) is 13.0 Å². The third-order valence-corrected chi connectivity index (χ3v) is 2.90. The number of benzene rings is 1. The van der Waals surface area contributed by atoms with Crippen LogP contribution in [-0.4, -0.2) is 14.2 Å². The average Bonchev–Trinajstić information content (AvgIpc) is 2.18. The predicted octanol–water partition coefficient (Wildman–Crippen LogP) is 0.874. The van der Waals surface area contributed by atoms with Crippen molar-refractivity contribution in [2.45, 2.75) is 13.5 Å². The number of hydrogen-bond acceptors (Lipinski definition) is 4. The lowest BCUT2D eigenvalue weighted by Crippen LogP contribution is -2.13. The highest BCUT2D eigenvalue weighted by molar-refractivity contribution is 7.87. The van der Waals surface area contributed by atoms with Crippen molar-refractivity contribution in [3.05, 3.63) is 29.8 Å². The van der Waals surface area contributed by atoms with Crippen LogP contribution in [0.1, 0.15) is 12.5 Å². The Balaban J connectivity index is 2.97. The zero-order valence-corrected chi connectivity index (χ0v) is 8.75. The monoisotopic (exact) mass is 215 g/mol. The highest BCUT2D eigenvalue weighted by Crippen LogP contribution is 2.18. The van der Waals surface area contributed by atoms with E-state index in [0.717, 1.165) is 0 Å². The molecule has 0 aromatic heterocycles. The van der Waals surface area contributed by atoms with E-state index in [2.05, 4.69) is 0 Å². The smallest absolute Gasteiger partial charge is 0.308 e. The lowest BCUT2D eigenvalue weighted by Gasteiger charge is -2.08. The van der Waals surface area contributed by atoms with Gasteiger partial charge in [-0.2, -0.15) is 8.42 Å². The molecule has 0 aliphatic rings. The number of nitrogens with two attached hydrogens (primary N) is 1. The zero-order valence-electron chi connectivity index (χ0n) is 7.93. The standard InChI is InChI=1S/C9H13NO3S/c1-2-14(11,12)13-9-6-4-3-5-8(9)7-10/h3-6H,2,7,10H2,1H3. The van der Waals surface area contributed by atoms with Crippen molar-refractivity contribution in [2.75, 3.05) is 5.75 Å². The Morgan fingerprint density at radius 3 is 2.57 bits per heavy atom. The van der Waals surface area contributed by atoms with Crippen molar-refractivity contribution >= 4 is 10.1 Å². The maximum atomic E-state index is 11.2. The summed E-state index contributed by atoms with van der Waals surface area (Å²) >= 11 is 0. The molecule has 1 aromatic carbocycles. The molecule has 0 fully saturated rings. The van der Waals surface area contributed by atoms with Crippen LogP contribution in [0.5, 0.6) is 5.75 Å². The largest absolute Gasteiger partial charge is 0.382 e. The fourth-order valence-corrected chi connectivity index (χ4v) is 1.50. The molecule has 2 N–H and O–H groups in total. The topological polar surface area (TPSA) is 69.4 Å². The van der Waals surface area contributed by atoms with E-state index in [9.17, 15) is 8.42 Å². The quantitative estimate of drug-likeness (QED) is 0.757. The molecular weight excluding hydrogens is 202 g/mol. The Kier molecular flexibility index (Phi) is 3.49. The molecular formula is C9H13NO3S. The molecule has 0 saturated carbocycles. The number of rotatable bonds is 4. The molecule has 0 bridgehead atoms. The molecule has 0 aliphatic carbocycles. The molecule has 78 valence electrons. The lowest BCUT2D eigenvalue weighted by atomic mass is 10.2. The van der Waals surface area contributed by atoms with Crippen LogP contribution in [0.15, 0.2) is 24.3 Å². The van der Waals surface area contributed by atoms with Crippen LogP contribution in [0.3, 0.4) is 0 Å². The van der Waals surface area contributed by atoms with E-state index in [-0.39, 0.29) is 12.3 Å². The fraction of sp³-hybridized carbons (Fsp3) is 0.333. The van der Waals surface area contributed by atoms with Crippen molar-refractivity contribution in [3.8, 4) is 5.75 Å². The molecule has 1 rings (SSSR count). The van der Waals surface area contributed by atoms with Crippen molar-refractivity contribution in [1.82, 2.24) is 0 Å². The highest BCUT2D eigenvalue weighted by atomic mass is 32.2. The van der Waals surface area contributed by atoms with E-state index in [0.29, 0.717) is 11.3 Å². The summed E-state index contributed by atoms with van der Waals surface area (Å²) in [6.45, 7) is 1.79. The first-order valence-electron chi connectivity index (χ1n) is 4.29. The van der Waals surface area contributed by atoms with E-state index in [1.807, 2.05) is 0 Å². The molecule has 0 spiro atoms. The SMILES string of the molecule is CCS(=O)(=O)Oc1ccccc1CN. The molecule has 1 aromatic rings. The van der Waals surface area contributed by atoms with Crippen LogP contribution in [-0.2, 0) is 16.7 Å². The number of hydrogen-bond donors (Lipinski definition) is 1. The molecule has 0 aliphatic heterocycles. The Hall–Kier alpha value is -1.07. The minimum atomic E-state index is -3.46. The van der Waals surface area contributed by atoms with Gasteiger partial charge in [-0.25, -0.2) is 0 Å². The molecule has 4 nitrogen and oxygen atoms in total. The fourth-order valence-electron chi connectivity index (χ4n) is 0.949. The summed E-state index contributed by atoms with van der Waals surface area (Å²) in [6.07, 6.45) is 0. The second kappa shape index (κ2) is 4.43. The van der Waals surface area contributed by atoms with Crippen LogP contribution in [0.4, 0.5) is 0 Å². The summed E-state index contributed by atoms with van der Waals surface area (Å²) in [6, 6.07) is 6.82. The van der Waals surface area contributed by atoms with Gasteiger partial charge in [0.05, 0.1) is 5.75 Å². The summed E-state index contributed by atoms with van der Waals surface area (Å²) in [5.41, 5.74) is 6.12. The van der Waals surface area contributed by atoms with Gasteiger partial charge < -0.3 is 9.92 Å². The van der Waals surface area contributed by atoms with Crippen molar-refractivity contribution in [2.24, 2.45) is 5.73 Å². The molecule has 5 heteroatoms. The van der Waals surface area contributed by atoms with Gasteiger partial charge in [0, 0.05) is 12.1 Å². The third-order valence-electron chi connectivity index (χ3n) is 1.76. The van der Waals surface area contributed by atoms with Crippen LogP contribution in [0.25, 0.3) is 0 Å². The van der Waals surface area contributed by atoms with Crippen molar-refractivity contribution in [1.29, 1.82) is 0 Å². The highest BCUT2D eigenvalue weighted by Gasteiger charge is 2.11. The van der Waals surface area contributed by atoms with E-state index >= 15 is 0 Å². The first kappa shape index (κ1) is 11.0. The Labute approximate surface area is 83.8 Å². The van der Waals surface area contributed by atoms with Gasteiger partial charge in [0.15, 0.2) is 0 Å². The molecule has 0 radical (unpaired) electrons. The Bertz CT molecular complexity index is 400. The lowest BCUT2D eigenvalue weighted by molar-refractivity contribution is 0.484. The molecule has 0 atom stereocenters. The first-order valence-corrected chi connectivity index (χ1v) is 5.87. The minimum absolute atomic E-state index is 0.0497. The summed E-state index contributed by atoms with van der Waals surface area (Å²) in [4.78, 5) is 0. The van der Waals surface area contributed by atoms with Gasteiger partial charge >= 0.3 is 10.1 Å². The van der Waals surface area contributed by atoms with Crippen molar-refractivity contribution < 1.29 is 12.6 Å². The molecule has 0 heterocycles. The third kappa shape index (κ3) is 2.71. The second-order valence-corrected chi connectivity index (χ2v) is 4.60. The average molecular weight is 215 g/mol. The first-order chi connectivity index (χ1) is 6.59. The van der Waals surface area contributed by atoms with Crippen LogP contribution < -0.4 is 9.92 Å². The van der Waals surface area contributed by atoms with E-state index in [1.165, 1.54) is 6.92 Å². The Morgan fingerprint density at radius 1 is 1.36 bits per heavy atom. The normalized spacial score (nSPS) is 11.3. The zero-order chi connectivity index (χ0) is 10.6. The summed E-state index contributed by atoms with van der Waals surface area (Å²) in [7, 11) is -3.46. The number of para-hydroxylation sites is 1. The minimum Gasteiger partial charge on any atom is -0.382 e. The predicted molar refractivity (Wildman–Crippen MR) is 54.4 cm³/mol. The van der Waals surface area contributed by atoms with Gasteiger partial charge in [-0.1, -0.05) is 18.2 Å². The second-order valence-electron chi connectivity index (χ2n) is 2.74. The van der Waals surface area contributed by atoms with E-state index < -0.39 is 10.1 Å². The van der Waals surface area contributed by atoms with Gasteiger partial charge in [0.1, 0.15) is 5.75 Å². The van der Waals surface area contributed by atoms with Crippen LogP contribution >= 0.6 is 0 Å². The van der Waals surface area contributed by atoms with Crippen LogP contribution in [0, 0.1) is 0 Å². The molecule has 0 unspecified atom stereocenters. The summed E-state index contributed by atoms with van der Waals surface area (Å²) < 4.78 is 27.2. The Morgan fingerprint density at radius 2 is 2.00 bits per heavy atom. The molecule has 14 heavy (non-hydrogen) atoms.